The second-order valence-electron chi connectivity index (χ2n) is 7.48. The van der Waals surface area contributed by atoms with Crippen LogP contribution in [0.1, 0.15) is 48.0 Å². The molecule has 8 nitrogen and oxygen atoms in total. The van der Waals surface area contributed by atoms with Crippen molar-refractivity contribution in [1.29, 1.82) is 0 Å². The fraction of sp³-hybridized carbons (Fsp3) is 0.800. The van der Waals surface area contributed by atoms with E-state index in [9.17, 15) is 19.5 Å². The van der Waals surface area contributed by atoms with Gasteiger partial charge in [-0.1, -0.05) is 0 Å². The summed E-state index contributed by atoms with van der Waals surface area (Å²) in [5.74, 6) is -0.535. The Morgan fingerprint density at radius 2 is 1.52 bits per heavy atom. The average molecular weight is 330 g/mol. The van der Waals surface area contributed by atoms with Gasteiger partial charge in [-0.05, 0) is 41.5 Å². The SMILES string of the molecule is CC(C)(C)OC(=O)N(C(=O)OC(C)(C)C)[C@H]1C[C@H](O)CNC1=O. The standard InChI is InChI=1S/C15H26N2O6/c1-14(2,3)22-12(20)17(13(21)23-15(4,5)6)10-7-9(18)8-16-11(10)19/h9-10,18H,7-8H2,1-6H3,(H,16,19)/t9-,10-/m0/s1. The summed E-state index contributed by atoms with van der Waals surface area (Å²) < 4.78 is 10.4. The zero-order valence-corrected chi connectivity index (χ0v) is 14.5. The van der Waals surface area contributed by atoms with E-state index in [1.165, 1.54) is 0 Å². The van der Waals surface area contributed by atoms with E-state index in [0.717, 1.165) is 0 Å². The number of β-amino-alcohol motifs (C(OH)–C–C–N with tert-alkyl or cyclic N) is 1. The maximum absolute atomic E-state index is 12.4. The first-order chi connectivity index (χ1) is 10.3. The Labute approximate surface area is 136 Å². The van der Waals surface area contributed by atoms with Gasteiger partial charge >= 0.3 is 12.2 Å². The van der Waals surface area contributed by atoms with Crippen molar-refractivity contribution >= 4 is 18.1 Å². The summed E-state index contributed by atoms with van der Waals surface area (Å²) in [6, 6.07) is -1.18. The van der Waals surface area contributed by atoms with E-state index in [-0.39, 0.29) is 13.0 Å². The fourth-order valence-electron chi connectivity index (χ4n) is 1.96. The number of piperidine rings is 1. The summed E-state index contributed by atoms with van der Waals surface area (Å²) in [6.07, 6.45) is -2.89. The van der Waals surface area contributed by atoms with Crippen molar-refractivity contribution in [1.82, 2.24) is 10.2 Å². The van der Waals surface area contributed by atoms with Crippen LogP contribution in [-0.2, 0) is 14.3 Å². The molecule has 0 aromatic heterocycles. The molecule has 0 aliphatic carbocycles. The van der Waals surface area contributed by atoms with E-state index >= 15 is 0 Å². The molecule has 1 aliphatic rings. The van der Waals surface area contributed by atoms with E-state index in [2.05, 4.69) is 5.32 Å². The lowest BCUT2D eigenvalue weighted by Crippen LogP contribution is -2.59. The minimum atomic E-state index is -1.18. The number of hydrogen-bond donors (Lipinski definition) is 2. The first-order valence-electron chi connectivity index (χ1n) is 7.51. The molecule has 1 aliphatic heterocycles. The molecule has 1 fully saturated rings. The molecular formula is C15H26N2O6. The highest BCUT2D eigenvalue weighted by Crippen LogP contribution is 2.20. The lowest BCUT2D eigenvalue weighted by molar-refractivity contribution is -0.130. The number of amides is 3. The number of aliphatic hydroxyl groups excluding tert-OH is 1. The first-order valence-corrected chi connectivity index (χ1v) is 7.51. The molecule has 0 saturated carbocycles. The van der Waals surface area contributed by atoms with E-state index < -0.39 is 41.4 Å². The summed E-state index contributed by atoms with van der Waals surface area (Å²) in [6.45, 7) is 9.96. The van der Waals surface area contributed by atoms with E-state index in [1.54, 1.807) is 41.5 Å². The molecule has 0 aromatic carbocycles. The molecule has 0 bridgehead atoms. The molecule has 23 heavy (non-hydrogen) atoms. The summed E-state index contributed by atoms with van der Waals surface area (Å²) in [7, 11) is 0. The Morgan fingerprint density at radius 3 is 1.91 bits per heavy atom. The number of carbonyl (C=O) groups is 3. The van der Waals surface area contributed by atoms with Crippen molar-refractivity contribution in [3.05, 3.63) is 0 Å². The van der Waals surface area contributed by atoms with Crippen LogP contribution >= 0.6 is 0 Å². The van der Waals surface area contributed by atoms with Gasteiger partial charge in [-0.25, -0.2) is 9.59 Å². The molecule has 0 spiro atoms. The summed E-state index contributed by atoms with van der Waals surface area (Å²) in [5, 5.41) is 12.2. The molecule has 8 heteroatoms. The predicted molar refractivity (Wildman–Crippen MR) is 81.7 cm³/mol. The van der Waals surface area contributed by atoms with Crippen LogP contribution in [0, 0.1) is 0 Å². The highest BCUT2D eigenvalue weighted by molar-refractivity contribution is 5.96. The number of nitrogens with one attached hydrogen (secondary N) is 1. The normalized spacial score (nSPS) is 22.1. The third kappa shape index (κ3) is 6.05. The van der Waals surface area contributed by atoms with Gasteiger partial charge < -0.3 is 19.9 Å². The van der Waals surface area contributed by atoms with Crippen LogP contribution in [0.4, 0.5) is 9.59 Å². The topological polar surface area (TPSA) is 105 Å². The molecule has 0 aromatic rings. The van der Waals surface area contributed by atoms with Crippen molar-refractivity contribution in [3.8, 4) is 0 Å². The van der Waals surface area contributed by atoms with Crippen LogP contribution in [0.15, 0.2) is 0 Å². The van der Waals surface area contributed by atoms with E-state index in [1.807, 2.05) is 0 Å². The summed E-state index contributed by atoms with van der Waals surface area (Å²) in [4.78, 5) is 37.4. The number of ether oxygens (including phenoxy) is 2. The molecule has 2 atom stereocenters. The number of aliphatic hydroxyl groups is 1. The average Bonchev–Trinajstić information content (AvgIpc) is 2.29. The molecule has 132 valence electrons. The van der Waals surface area contributed by atoms with Crippen LogP contribution in [-0.4, -0.2) is 58.0 Å². The van der Waals surface area contributed by atoms with Gasteiger partial charge in [0.15, 0.2) is 0 Å². The number of imide groups is 1. The van der Waals surface area contributed by atoms with E-state index in [0.29, 0.717) is 4.90 Å². The largest absolute Gasteiger partial charge is 0.443 e. The molecule has 2 N–H and O–H groups in total. The zero-order valence-electron chi connectivity index (χ0n) is 14.5. The molecular weight excluding hydrogens is 304 g/mol. The van der Waals surface area contributed by atoms with Gasteiger partial charge in [0.05, 0.1) is 6.10 Å². The van der Waals surface area contributed by atoms with Crippen molar-refractivity contribution < 1.29 is 29.0 Å². The van der Waals surface area contributed by atoms with Gasteiger partial charge in [-0.2, -0.15) is 4.90 Å². The minimum absolute atomic E-state index is 0.0652. The molecule has 0 radical (unpaired) electrons. The van der Waals surface area contributed by atoms with Gasteiger partial charge in [-0.3, -0.25) is 4.79 Å². The zero-order chi connectivity index (χ0) is 18.0. The molecule has 1 heterocycles. The molecule has 1 saturated heterocycles. The van der Waals surface area contributed by atoms with Crippen molar-refractivity contribution in [3.63, 3.8) is 0 Å². The molecule has 0 unspecified atom stereocenters. The van der Waals surface area contributed by atoms with Crippen molar-refractivity contribution in [2.45, 2.75) is 71.3 Å². The number of carbonyl (C=O) groups excluding carboxylic acids is 3. The number of rotatable bonds is 1. The minimum Gasteiger partial charge on any atom is -0.443 e. The van der Waals surface area contributed by atoms with E-state index in [4.69, 9.17) is 9.47 Å². The Balaban J connectivity index is 3.07. The van der Waals surface area contributed by atoms with Gasteiger partial charge in [0.25, 0.3) is 0 Å². The Kier molecular flexibility index (Phi) is 5.63. The van der Waals surface area contributed by atoms with Crippen LogP contribution in [0.25, 0.3) is 0 Å². The monoisotopic (exact) mass is 330 g/mol. The van der Waals surface area contributed by atoms with Gasteiger partial charge in [0, 0.05) is 13.0 Å². The maximum atomic E-state index is 12.4. The van der Waals surface area contributed by atoms with Gasteiger partial charge in [0.1, 0.15) is 17.2 Å². The van der Waals surface area contributed by atoms with Gasteiger partial charge in [0.2, 0.25) is 5.91 Å². The molecule has 3 amide bonds. The maximum Gasteiger partial charge on any atom is 0.420 e. The Morgan fingerprint density at radius 1 is 1.09 bits per heavy atom. The second-order valence-corrected chi connectivity index (χ2v) is 7.48. The van der Waals surface area contributed by atoms with Gasteiger partial charge in [-0.15, -0.1) is 0 Å². The lowest BCUT2D eigenvalue weighted by atomic mass is 10.0. The highest BCUT2D eigenvalue weighted by atomic mass is 16.6. The Hall–Kier alpha value is -1.83. The predicted octanol–water partition coefficient (Wildman–Crippen LogP) is 1.41. The van der Waals surface area contributed by atoms with Crippen LogP contribution in [0.5, 0.6) is 0 Å². The van der Waals surface area contributed by atoms with Crippen LogP contribution in [0.3, 0.4) is 0 Å². The second kappa shape index (κ2) is 6.74. The quantitative estimate of drug-likeness (QED) is 0.753. The Bertz CT molecular complexity index is 449. The number of nitrogens with zero attached hydrogens (tertiary/aromatic N) is 1. The summed E-state index contributed by atoms with van der Waals surface area (Å²) >= 11 is 0. The van der Waals surface area contributed by atoms with Crippen molar-refractivity contribution in [2.75, 3.05) is 6.54 Å². The fourth-order valence-corrected chi connectivity index (χ4v) is 1.96. The smallest absolute Gasteiger partial charge is 0.420 e. The third-order valence-electron chi connectivity index (χ3n) is 2.80. The third-order valence-corrected chi connectivity index (χ3v) is 2.80. The number of hydrogen-bond acceptors (Lipinski definition) is 6. The van der Waals surface area contributed by atoms with Crippen molar-refractivity contribution in [2.24, 2.45) is 0 Å². The molecule has 1 rings (SSSR count). The summed E-state index contributed by atoms with van der Waals surface area (Å²) in [5.41, 5.74) is -1.69. The first kappa shape index (κ1) is 19.2. The highest BCUT2D eigenvalue weighted by Gasteiger charge is 2.42. The van der Waals surface area contributed by atoms with Crippen LogP contribution in [0.2, 0.25) is 0 Å². The van der Waals surface area contributed by atoms with Crippen LogP contribution < -0.4 is 5.32 Å². The lowest BCUT2D eigenvalue weighted by Gasteiger charge is -2.35.